The Bertz CT molecular complexity index is 661. The molecular formula is C24H37N3. The van der Waals surface area contributed by atoms with E-state index in [2.05, 4.69) is 29.8 Å². The van der Waals surface area contributed by atoms with Gasteiger partial charge in [0.05, 0.1) is 5.52 Å². The van der Waals surface area contributed by atoms with E-state index in [9.17, 15) is 0 Å². The molecule has 0 radical (unpaired) electrons. The fraction of sp³-hybridized carbons (Fsp3) is 0.583. The number of pyridine rings is 1. The molecule has 2 aromatic rings. The molecule has 0 amide bonds. The van der Waals surface area contributed by atoms with Crippen molar-refractivity contribution >= 4 is 16.7 Å². The van der Waals surface area contributed by atoms with Crippen LogP contribution in [0.1, 0.15) is 83.6 Å². The third-order valence-corrected chi connectivity index (χ3v) is 5.28. The van der Waals surface area contributed by atoms with Gasteiger partial charge in [-0.2, -0.15) is 0 Å². The predicted octanol–water partition coefficient (Wildman–Crippen LogP) is 6.80. The third-order valence-electron chi connectivity index (χ3n) is 5.28. The van der Waals surface area contributed by atoms with E-state index in [1.54, 1.807) is 0 Å². The Kier molecular flexibility index (Phi) is 9.89. The van der Waals surface area contributed by atoms with Gasteiger partial charge in [0.15, 0.2) is 0 Å². The first-order valence-corrected chi connectivity index (χ1v) is 11.0. The van der Waals surface area contributed by atoms with Crippen LogP contribution in [0.4, 0.5) is 0 Å². The van der Waals surface area contributed by atoms with E-state index in [4.69, 9.17) is 5.41 Å². The zero-order valence-corrected chi connectivity index (χ0v) is 17.3. The number of para-hydroxylation sites is 1. The normalized spacial score (nSPS) is 11.0. The molecule has 3 nitrogen and oxygen atoms in total. The SMILES string of the molecule is CCCCCCCN(CCCCCCC)C(=N)c1ccnc2ccccc12. The standard InChI is InChI=1S/C24H37N3/c1-3-5-7-9-13-19-27(20-14-10-8-6-4-2)24(25)22-17-18-26-23-16-12-11-15-21(22)23/h11-12,15-18,25H,3-10,13-14,19-20H2,1-2H3. The quantitative estimate of drug-likeness (QED) is 0.240. The van der Waals surface area contributed by atoms with Crippen molar-refractivity contribution in [3.8, 4) is 0 Å². The van der Waals surface area contributed by atoms with E-state index >= 15 is 0 Å². The highest BCUT2D eigenvalue weighted by Gasteiger charge is 2.14. The number of hydrogen-bond donors (Lipinski definition) is 1. The Morgan fingerprint density at radius 2 is 1.41 bits per heavy atom. The van der Waals surface area contributed by atoms with Gasteiger partial charge in [0, 0.05) is 30.2 Å². The summed E-state index contributed by atoms with van der Waals surface area (Å²) in [7, 11) is 0. The van der Waals surface area contributed by atoms with E-state index in [-0.39, 0.29) is 0 Å². The summed E-state index contributed by atoms with van der Waals surface area (Å²) in [6.45, 7) is 6.50. The fourth-order valence-electron chi connectivity index (χ4n) is 3.62. The number of aromatic nitrogens is 1. The number of rotatable bonds is 13. The molecule has 0 aliphatic carbocycles. The fourth-order valence-corrected chi connectivity index (χ4v) is 3.62. The van der Waals surface area contributed by atoms with E-state index < -0.39 is 0 Å². The molecule has 0 aliphatic heterocycles. The minimum atomic E-state index is 0.666. The van der Waals surface area contributed by atoms with Crippen molar-refractivity contribution in [2.75, 3.05) is 13.1 Å². The lowest BCUT2D eigenvalue weighted by Gasteiger charge is -2.26. The lowest BCUT2D eigenvalue weighted by Crippen LogP contribution is -2.33. The summed E-state index contributed by atoms with van der Waals surface area (Å²) in [6.07, 6.45) is 14.6. The number of amidine groups is 1. The van der Waals surface area contributed by atoms with Crippen LogP contribution in [-0.4, -0.2) is 28.8 Å². The van der Waals surface area contributed by atoms with Gasteiger partial charge >= 0.3 is 0 Å². The minimum Gasteiger partial charge on any atom is -0.357 e. The molecule has 1 heterocycles. The number of benzene rings is 1. The molecule has 27 heavy (non-hydrogen) atoms. The Labute approximate surface area is 165 Å². The predicted molar refractivity (Wildman–Crippen MR) is 118 cm³/mol. The molecule has 0 saturated carbocycles. The van der Waals surface area contributed by atoms with Crippen molar-refractivity contribution in [2.24, 2.45) is 0 Å². The summed E-state index contributed by atoms with van der Waals surface area (Å²) in [5, 5.41) is 9.99. The van der Waals surface area contributed by atoms with Crippen molar-refractivity contribution < 1.29 is 0 Å². The largest absolute Gasteiger partial charge is 0.357 e. The lowest BCUT2D eigenvalue weighted by atomic mass is 10.1. The van der Waals surface area contributed by atoms with Crippen LogP contribution < -0.4 is 0 Å². The van der Waals surface area contributed by atoms with Gasteiger partial charge < -0.3 is 4.90 Å². The number of nitrogens with one attached hydrogen (secondary N) is 1. The first-order chi connectivity index (χ1) is 13.3. The van der Waals surface area contributed by atoms with Crippen molar-refractivity contribution in [1.82, 2.24) is 9.88 Å². The van der Waals surface area contributed by atoms with E-state index in [1.807, 2.05) is 30.5 Å². The average molecular weight is 368 g/mol. The van der Waals surface area contributed by atoms with Gasteiger partial charge in [-0.3, -0.25) is 10.4 Å². The number of hydrogen-bond acceptors (Lipinski definition) is 2. The zero-order valence-electron chi connectivity index (χ0n) is 17.3. The van der Waals surface area contributed by atoms with Crippen LogP contribution in [0.3, 0.4) is 0 Å². The highest BCUT2D eigenvalue weighted by Crippen LogP contribution is 2.19. The highest BCUT2D eigenvalue weighted by molar-refractivity contribution is 6.07. The summed E-state index contributed by atoms with van der Waals surface area (Å²) in [6, 6.07) is 10.2. The highest BCUT2D eigenvalue weighted by atomic mass is 15.2. The van der Waals surface area contributed by atoms with Gasteiger partial charge in [-0.15, -0.1) is 0 Å². The second-order valence-electron chi connectivity index (χ2n) is 7.54. The van der Waals surface area contributed by atoms with Gasteiger partial charge in [0.1, 0.15) is 5.84 Å². The molecule has 1 aromatic heterocycles. The van der Waals surface area contributed by atoms with Crippen molar-refractivity contribution in [3.05, 3.63) is 42.1 Å². The average Bonchev–Trinajstić information content (AvgIpc) is 2.71. The van der Waals surface area contributed by atoms with Crippen molar-refractivity contribution in [3.63, 3.8) is 0 Å². The molecule has 3 heteroatoms. The van der Waals surface area contributed by atoms with Crippen LogP contribution in [0.5, 0.6) is 0 Å². The summed E-state index contributed by atoms with van der Waals surface area (Å²) >= 11 is 0. The molecule has 0 fully saturated rings. The maximum atomic E-state index is 8.90. The van der Waals surface area contributed by atoms with Crippen LogP contribution in [0, 0.1) is 5.41 Å². The molecule has 0 bridgehead atoms. The lowest BCUT2D eigenvalue weighted by molar-refractivity contribution is 0.384. The third kappa shape index (κ3) is 6.97. The van der Waals surface area contributed by atoms with Gasteiger partial charge in [-0.25, -0.2) is 0 Å². The van der Waals surface area contributed by atoms with Crippen LogP contribution in [-0.2, 0) is 0 Å². The maximum Gasteiger partial charge on any atom is 0.128 e. The van der Waals surface area contributed by atoms with E-state index in [0.29, 0.717) is 5.84 Å². The molecule has 0 atom stereocenters. The molecule has 0 spiro atoms. The first-order valence-electron chi connectivity index (χ1n) is 11.0. The molecule has 0 unspecified atom stereocenters. The van der Waals surface area contributed by atoms with Crippen LogP contribution >= 0.6 is 0 Å². The second kappa shape index (κ2) is 12.5. The monoisotopic (exact) mass is 367 g/mol. The van der Waals surface area contributed by atoms with Gasteiger partial charge in [-0.05, 0) is 25.0 Å². The topological polar surface area (TPSA) is 40.0 Å². The van der Waals surface area contributed by atoms with Gasteiger partial charge in [0.2, 0.25) is 0 Å². The zero-order chi connectivity index (χ0) is 19.3. The minimum absolute atomic E-state index is 0.666. The smallest absolute Gasteiger partial charge is 0.128 e. The van der Waals surface area contributed by atoms with Gasteiger partial charge in [0.25, 0.3) is 0 Å². The van der Waals surface area contributed by atoms with Crippen LogP contribution in [0.15, 0.2) is 36.5 Å². The molecule has 1 aromatic carbocycles. The van der Waals surface area contributed by atoms with Crippen molar-refractivity contribution in [1.29, 1.82) is 5.41 Å². The van der Waals surface area contributed by atoms with Crippen LogP contribution in [0.25, 0.3) is 10.9 Å². The second-order valence-corrected chi connectivity index (χ2v) is 7.54. The summed E-state index contributed by atoms with van der Waals surface area (Å²) in [4.78, 5) is 6.77. The number of unbranched alkanes of at least 4 members (excludes halogenated alkanes) is 8. The Balaban J connectivity index is 2.03. The van der Waals surface area contributed by atoms with Crippen LogP contribution in [0.2, 0.25) is 0 Å². The Morgan fingerprint density at radius 3 is 2.04 bits per heavy atom. The summed E-state index contributed by atoms with van der Waals surface area (Å²) in [5.74, 6) is 0.666. The Hall–Kier alpha value is -1.90. The molecular weight excluding hydrogens is 330 g/mol. The van der Waals surface area contributed by atoms with E-state index in [1.165, 1.54) is 64.2 Å². The molecule has 0 saturated heterocycles. The number of fused-ring (bicyclic) bond motifs is 1. The molecule has 2 rings (SSSR count). The maximum absolute atomic E-state index is 8.90. The molecule has 148 valence electrons. The molecule has 1 N–H and O–H groups in total. The summed E-state index contributed by atoms with van der Waals surface area (Å²) < 4.78 is 0. The number of nitrogens with zero attached hydrogens (tertiary/aromatic N) is 2. The van der Waals surface area contributed by atoms with Gasteiger partial charge in [-0.1, -0.05) is 83.4 Å². The van der Waals surface area contributed by atoms with E-state index in [0.717, 1.165) is 29.6 Å². The molecule has 0 aliphatic rings. The first kappa shape index (κ1) is 21.4. The Morgan fingerprint density at radius 1 is 0.815 bits per heavy atom. The van der Waals surface area contributed by atoms with Crippen molar-refractivity contribution in [2.45, 2.75) is 78.1 Å². The summed E-state index contributed by atoms with van der Waals surface area (Å²) in [5.41, 5.74) is 1.99.